The van der Waals surface area contributed by atoms with Crippen molar-refractivity contribution in [3.8, 4) is 28.2 Å². The first-order valence-corrected chi connectivity index (χ1v) is 28.0. The number of rotatable bonds is 15. The van der Waals surface area contributed by atoms with Crippen LogP contribution >= 0.6 is 0 Å². The number of benzene rings is 11. The van der Waals surface area contributed by atoms with E-state index in [1.54, 1.807) is 0 Å². The second kappa shape index (κ2) is 22.5. The molecule has 83 heavy (non-hydrogen) atoms. The number of hydrogen-bond acceptors (Lipinski definition) is 6. The molecule has 3 aromatic heterocycles. The van der Waals surface area contributed by atoms with Crippen LogP contribution < -0.4 is 19.6 Å². The minimum Gasteiger partial charge on any atom is -0.310 e. The lowest BCUT2D eigenvalue weighted by Gasteiger charge is -2.30. The van der Waals surface area contributed by atoms with Crippen LogP contribution in [0.4, 0.5) is 68.2 Å². The molecule has 7 heteroatoms. The Morgan fingerprint density at radius 2 is 0.554 bits per heavy atom. The molecule has 0 aliphatic heterocycles. The van der Waals surface area contributed by atoms with Crippen LogP contribution in [0.1, 0.15) is 0 Å². The highest BCUT2D eigenvalue weighted by molar-refractivity contribution is 6.10. The highest BCUT2D eigenvalue weighted by Gasteiger charge is 2.24. The zero-order valence-electron chi connectivity index (χ0n) is 45.4. The van der Waals surface area contributed by atoms with Gasteiger partial charge in [-0.2, -0.15) is 0 Å². The summed E-state index contributed by atoms with van der Waals surface area (Å²) >= 11 is 0. The van der Waals surface area contributed by atoms with Gasteiger partial charge in [0.1, 0.15) is 0 Å². The van der Waals surface area contributed by atoms with Crippen molar-refractivity contribution in [2.24, 2.45) is 0 Å². The molecule has 0 aliphatic carbocycles. The Bertz CT molecular complexity index is 4130. The summed E-state index contributed by atoms with van der Waals surface area (Å²) in [7, 11) is 0. The predicted octanol–water partition coefficient (Wildman–Crippen LogP) is 20.8. The second-order valence-electron chi connectivity index (χ2n) is 20.3. The van der Waals surface area contributed by atoms with E-state index in [1.165, 1.54) is 0 Å². The SMILES string of the molecule is c1ccc(N(c2ccccc2)c2cc(-c3ccnc(-c4cc5c6ccccc6n(-c6cc(N(c7ccccc7)c7ccccc7)cc(N(c7ccccc7)c7ccccc7)c6)c5cn4)c3)cc(N(c3ccccc3)c3ccccc3)c2)cc1. The molecule has 0 fully saturated rings. The monoisotopic (exact) mass is 1070 g/mol. The summed E-state index contributed by atoms with van der Waals surface area (Å²) in [6, 6.07) is 114. The van der Waals surface area contributed by atoms with Crippen molar-refractivity contribution in [3.63, 3.8) is 0 Å². The summed E-state index contributed by atoms with van der Waals surface area (Å²) < 4.78 is 2.37. The van der Waals surface area contributed by atoms with Crippen LogP contribution in [0.25, 0.3) is 50.0 Å². The fraction of sp³-hybridized carbons (Fsp3) is 0. The van der Waals surface area contributed by atoms with Gasteiger partial charge in [-0.25, -0.2) is 0 Å². The topological polar surface area (TPSA) is 43.7 Å². The van der Waals surface area contributed by atoms with Crippen LogP contribution in [-0.4, -0.2) is 14.5 Å². The van der Waals surface area contributed by atoms with Crippen LogP contribution in [0, 0.1) is 0 Å². The maximum atomic E-state index is 5.33. The van der Waals surface area contributed by atoms with E-state index in [4.69, 9.17) is 9.97 Å². The first-order chi connectivity index (χ1) is 41.2. The van der Waals surface area contributed by atoms with Crippen LogP contribution in [0.2, 0.25) is 0 Å². The Morgan fingerprint density at radius 3 is 0.928 bits per heavy atom. The molecule has 0 amide bonds. The molecule has 0 saturated carbocycles. The Hall–Kier alpha value is -11.3. The van der Waals surface area contributed by atoms with E-state index < -0.39 is 0 Å². The number of aromatic nitrogens is 3. The van der Waals surface area contributed by atoms with Crippen LogP contribution in [-0.2, 0) is 0 Å². The number of para-hydroxylation sites is 9. The minimum atomic E-state index is 0.770. The molecule has 0 bridgehead atoms. The maximum Gasteiger partial charge on any atom is 0.0894 e. The molecule has 14 aromatic rings. The summed E-state index contributed by atoms with van der Waals surface area (Å²) in [5, 5.41) is 2.18. The highest BCUT2D eigenvalue weighted by Crippen LogP contribution is 2.46. The molecule has 7 nitrogen and oxygen atoms in total. The van der Waals surface area contributed by atoms with Gasteiger partial charge in [0.25, 0.3) is 0 Å². The Morgan fingerprint density at radius 1 is 0.229 bits per heavy atom. The first kappa shape index (κ1) is 50.0. The lowest BCUT2D eigenvalue weighted by molar-refractivity contribution is 1.15. The number of pyridine rings is 2. The number of nitrogens with zero attached hydrogens (tertiary/aromatic N) is 7. The molecule has 0 atom stereocenters. The van der Waals surface area contributed by atoms with Gasteiger partial charge < -0.3 is 24.2 Å². The molecule has 0 aliphatic rings. The molecule has 14 rings (SSSR count). The lowest BCUT2D eigenvalue weighted by atomic mass is 10.0. The number of hydrogen-bond donors (Lipinski definition) is 0. The van der Waals surface area contributed by atoms with Gasteiger partial charge in [0.2, 0.25) is 0 Å². The van der Waals surface area contributed by atoms with Gasteiger partial charge in [-0.05, 0) is 169 Å². The van der Waals surface area contributed by atoms with Gasteiger partial charge in [0.15, 0.2) is 0 Å². The van der Waals surface area contributed by atoms with Crippen molar-refractivity contribution in [1.82, 2.24) is 14.5 Å². The average molecular weight is 1070 g/mol. The third-order valence-electron chi connectivity index (χ3n) is 15.1. The Kier molecular flexibility index (Phi) is 13.5. The van der Waals surface area contributed by atoms with E-state index in [2.05, 4.69) is 346 Å². The number of anilines is 12. The summed E-state index contributed by atoms with van der Waals surface area (Å²) in [6.45, 7) is 0. The van der Waals surface area contributed by atoms with Gasteiger partial charge in [-0.1, -0.05) is 164 Å². The van der Waals surface area contributed by atoms with E-state index in [9.17, 15) is 0 Å². The van der Waals surface area contributed by atoms with Crippen molar-refractivity contribution in [3.05, 3.63) is 334 Å². The quantitative estimate of drug-likeness (QED) is 0.102. The van der Waals surface area contributed by atoms with Crippen LogP contribution in [0.3, 0.4) is 0 Å². The molecule has 0 unspecified atom stereocenters. The molecule has 0 radical (unpaired) electrons. The fourth-order valence-electron chi connectivity index (χ4n) is 11.4. The fourth-order valence-corrected chi connectivity index (χ4v) is 11.4. The Labute approximate surface area is 483 Å². The summed E-state index contributed by atoms with van der Waals surface area (Å²) in [4.78, 5) is 19.7. The molecule has 0 N–H and O–H groups in total. The second-order valence-corrected chi connectivity index (χ2v) is 20.3. The average Bonchev–Trinajstić information content (AvgIpc) is 4.15. The van der Waals surface area contributed by atoms with E-state index in [1.807, 2.05) is 12.4 Å². The maximum absolute atomic E-state index is 5.33. The summed E-state index contributed by atoms with van der Waals surface area (Å²) in [5.74, 6) is 0. The molecule has 394 valence electrons. The van der Waals surface area contributed by atoms with Crippen molar-refractivity contribution in [2.45, 2.75) is 0 Å². The van der Waals surface area contributed by atoms with E-state index in [0.29, 0.717) is 0 Å². The smallest absolute Gasteiger partial charge is 0.0894 e. The molecular formula is C76H55N7. The summed E-state index contributed by atoms with van der Waals surface area (Å²) in [5.41, 5.74) is 19.1. The van der Waals surface area contributed by atoms with Gasteiger partial charge in [-0.3, -0.25) is 9.97 Å². The van der Waals surface area contributed by atoms with Gasteiger partial charge in [0.05, 0.1) is 45.7 Å². The highest BCUT2D eigenvalue weighted by atomic mass is 15.2. The van der Waals surface area contributed by atoms with E-state index in [-0.39, 0.29) is 0 Å². The molecule has 11 aromatic carbocycles. The van der Waals surface area contributed by atoms with Gasteiger partial charge in [-0.15, -0.1) is 0 Å². The van der Waals surface area contributed by atoms with Crippen molar-refractivity contribution >= 4 is 90.1 Å². The van der Waals surface area contributed by atoms with Crippen LogP contribution in [0.15, 0.2) is 334 Å². The minimum absolute atomic E-state index is 0.770. The molecule has 0 spiro atoms. The first-order valence-electron chi connectivity index (χ1n) is 28.0. The lowest BCUT2D eigenvalue weighted by Crippen LogP contribution is -2.14. The van der Waals surface area contributed by atoms with Crippen LogP contribution in [0.5, 0.6) is 0 Å². The zero-order valence-corrected chi connectivity index (χ0v) is 45.4. The van der Waals surface area contributed by atoms with Gasteiger partial charge in [0, 0.05) is 73.8 Å². The Balaban J connectivity index is 0.940. The molecule has 3 heterocycles. The molecular weight excluding hydrogens is 1010 g/mol. The van der Waals surface area contributed by atoms with Crippen molar-refractivity contribution in [1.29, 1.82) is 0 Å². The van der Waals surface area contributed by atoms with Gasteiger partial charge >= 0.3 is 0 Å². The molecule has 0 saturated heterocycles. The van der Waals surface area contributed by atoms with E-state index in [0.717, 1.165) is 118 Å². The number of fused-ring (bicyclic) bond motifs is 3. The summed E-state index contributed by atoms with van der Waals surface area (Å²) in [6.07, 6.45) is 3.94. The van der Waals surface area contributed by atoms with Crippen molar-refractivity contribution in [2.75, 3.05) is 19.6 Å². The normalized spacial score (nSPS) is 11.1. The third-order valence-corrected chi connectivity index (χ3v) is 15.1. The van der Waals surface area contributed by atoms with Crippen molar-refractivity contribution < 1.29 is 0 Å². The third kappa shape index (κ3) is 10.0. The zero-order chi connectivity index (χ0) is 55.3. The van der Waals surface area contributed by atoms with E-state index >= 15 is 0 Å². The standard InChI is InChI=1S/C76H55N7/c1-9-27-58(28-10-1)79(59-29-11-2-12-30-59)66-47-57(48-67(50-66)80(60-31-13-3-14-32-60)61-33-15-4-16-34-61)56-45-46-77-73(49-56)74-54-72-71-43-25-26-44-75(71)83(76(72)55-78-74)70-52-68(81(62-35-17-5-18-36-62)63-37-19-6-20-38-63)51-69(53-70)82(64-39-21-7-22-40-64)65-41-23-8-24-42-65/h1-55H. The predicted molar refractivity (Wildman–Crippen MR) is 346 cm³/mol. The largest absolute Gasteiger partial charge is 0.310 e.